The zero-order valence-electron chi connectivity index (χ0n) is 19.8. The molecule has 1 unspecified atom stereocenters. The van der Waals surface area contributed by atoms with Crippen molar-refractivity contribution in [1.29, 1.82) is 0 Å². The maximum absolute atomic E-state index is 14.6. The molecule has 0 aromatic carbocycles. The Bertz CT molecular complexity index is 1610. The second-order valence-corrected chi connectivity index (χ2v) is 8.87. The molecule has 36 heavy (non-hydrogen) atoms. The number of oxazole rings is 1. The van der Waals surface area contributed by atoms with Crippen LogP contribution >= 0.6 is 0 Å². The molecule has 10 nitrogen and oxygen atoms in total. The quantitative estimate of drug-likeness (QED) is 0.379. The van der Waals surface area contributed by atoms with Crippen LogP contribution in [-0.4, -0.2) is 51.3 Å². The van der Waals surface area contributed by atoms with Gasteiger partial charge in [-0.1, -0.05) is 10.5 Å². The Labute approximate surface area is 203 Å². The molecule has 1 amide bonds. The summed E-state index contributed by atoms with van der Waals surface area (Å²) in [4.78, 5) is 28.4. The highest BCUT2D eigenvalue weighted by molar-refractivity contribution is 5.94. The average molecular weight is 492 g/mol. The van der Waals surface area contributed by atoms with Gasteiger partial charge in [0.25, 0.3) is 5.91 Å². The van der Waals surface area contributed by atoms with Crippen molar-refractivity contribution in [2.45, 2.75) is 32.5 Å². The maximum atomic E-state index is 14.6. The van der Waals surface area contributed by atoms with E-state index in [2.05, 4.69) is 20.1 Å². The first-order valence-electron chi connectivity index (χ1n) is 11.4. The smallest absolute Gasteiger partial charge is 0.292 e. The average Bonchev–Trinajstić information content (AvgIpc) is 3.64. The van der Waals surface area contributed by atoms with Crippen LogP contribution in [0.25, 0.3) is 17.1 Å². The van der Waals surface area contributed by atoms with Crippen molar-refractivity contribution in [3.05, 3.63) is 77.3 Å². The summed E-state index contributed by atoms with van der Waals surface area (Å²) in [6.45, 7) is 3.40. The van der Waals surface area contributed by atoms with Crippen LogP contribution in [0.5, 0.6) is 0 Å². The van der Waals surface area contributed by atoms with Crippen molar-refractivity contribution in [2.75, 3.05) is 6.54 Å². The van der Waals surface area contributed by atoms with Crippen LogP contribution in [-0.2, 0) is 13.5 Å². The van der Waals surface area contributed by atoms with E-state index in [0.29, 0.717) is 27.6 Å². The molecule has 0 radical (unpaired) electrons. The van der Waals surface area contributed by atoms with Crippen molar-refractivity contribution in [3.8, 4) is 11.6 Å². The molecule has 1 aliphatic heterocycles. The van der Waals surface area contributed by atoms with Gasteiger partial charge in [-0.25, -0.2) is 23.9 Å². The molecule has 0 fully saturated rings. The van der Waals surface area contributed by atoms with Crippen LogP contribution in [0.3, 0.4) is 0 Å². The molecular formula is C24H22F2N8O2. The summed E-state index contributed by atoms with van der Waals surface area (Å²) in [5, 5.41) is 4.67. The fourth-order valence-corrected chi connectivity index (χ4v) is 4.72. The molecule has 0 N–H and O–H groups in total. The van der Waals surface area contributed by atoms with Crippen molar-refractivity contribution in [2.24, 2.45) is 7.05 Å². The summed E-state index contributed by atoms with van der Waals surface area (Å²) in [5.41, 5.74) is 3.49. The topological polar surface area (TPSA) is 99.3 Å². The van der Waals surface area contributed by atoms with Gasteiger partial charge in [0, 0.05) is 26.2 Å². The number of carbonyl (C=O) groups is 1. The van der Waals surface area contributed by atoms with Gasteiger partial charge in [0.15, 0.2) is 0 Å². The highest BCUT2D eigenvalue weighted by atomic mass is 19.2. The fraction of sp³-hybridized carbons (Fsp3) is 0.292. The lowest BCUT2D eigenvalue weighted by Crippen LogP contribution is -2.41. The van der Waals surface area contributed by atoms with Gasteiger partial charge in [0.1, 0.15) is 29.9 Å². The van der Waals surface area contributed by atoms with E-state index < -0.39 is 18.1 Å². The molecule has 12 heteroatoms. The third-order valence-electron chi connectivity index (χ3n) is 6.55. The van der Waals surface area contributed by atoms with E-state index in [4.69, 9.17) is 4.42 Å². The van der Waals surface area contributed by atoms with Gasteiger partial charge < -0.3 is 13.9 Å². The lowest BCUT2D eigenvalue weighted by atomic mass is 9.99. The van der Waals surface area contributed by atoms with E-state index >= 15 is 0 Å². The number of alkyl halides is 1. The van der Waals surface area contributed by atoms with Crippen molar-refractivity contribution < 1.29 is 18.1 Å². The Morgan fingerprint density at radius 1 is 1.31 bits per heavy atom. The predicted molar refractivity (Wildman–Crippen MR) is 123 cm³/mol. The molecule has 2 atom stereocenters. The molecule has 184 valence electrons. The summed E-state index contributed by atoms with van der Waals surface area (Å²) in [6, 6.07) is 4.88. The number of hydrogen-bond acceptors (Lipinski definition) is 6. The lowest BCUT2D eigenvalue weighted by Gasteiger charge is -2.33. The zero-order valence-corrected chi connectivity index (χ0v) is 19.8. The number of aryl methyl sites for hydroxylation is 2. The number of imidazole rings is 2. The van der Waals surface area contributed by atoms with Crippen molar-refractivity contribution >= 4 is 11.4 Å². The van der Waals surface area contributed by atoms with E-state index in [1.165, 1.54) is 18.0 Å². The number of rotatable bonds is 4. The molecule has 0 saturated heterocycles. The van der Waals surface area contributed by atoms with Gasteiger partial charge in [-0.05, 0) is 31.5 Å². The second kappa shape index (κ2) is 8.11. The fourth-order valence-electron chi connectivity index (χ4n) is 4.72. The number of hydrogen-bond donors (Lipinski definition) is 0. The second-order valence-electron chi connectivity index (χ2n) is 8.87. The van der Waals surface area contributed by atoms with E-state index in [1.54, 1.807) is 28.7 Å². The lowest BCUT2D eigenvalue weighted by molar-refractivity contribution is 0.0647. The molecule has 5 aromatic rings. The minimum Gasteiger partial charge on any atom is -0.429 e. The Kier molecular flexibility index (Phi) is 4.99. The predicted octanol–water partition coefficient (Wildman–Crippen LogP) is 3.78. The van der Waals surface area contributed by atoms with Gasteiger partial charge >= 0.3 is 0 Å². The Hall–Kier alpha value is -4.35. The zero-order chi connectivity index (χ0) is 25.1. The first kappa shape index (κ1) is 22.1. The molecule has 5 aromatic heterocycles. The standard InChI is InChI=1S/C24H22F2N8O2/c1-13-5-4-7-34-17(13)9-15(30-34)21-20-16(33(26)12-28-20)6-8-32(21)24(35)22-19(14(2)25)29-23(36-22)18-10-27-11-31(18)3/h4-5,7,9-12,14,21H,6,8H2,1-3H3/t14?,21-/m0/s1. The molecular weight excluding hydrogens is 470 g/mol. The number of aromatic nitrogens is 7. The summed E-state index contributed by atoms with van der Waals surface area (Å²) in [5.74, 6) is -0.703. The summed E-state index contributed by atoms with van der Waals surface area (Å²) in [6.07, 6.45) is 4.63. The third-order valence-corrected chi connectivity index (χ3v) is 6.55. The molecule has 1 aliphatic rings. The number of pyridine rings is 1. The van der Waals surface area contributed by atoms with Gasteiger partial charge in [0.05, 0.1) is 35.1 Å². The molecule has 6 heterocycles. The van der Waals surface area contributed by atoms with Crippen LogP contribution < -0.4 is 0 Å². The van der Waals surface area contributed by atoms with Gasteiger partial charge in [-0.15, -0.1) is 0 Å². The van der Waals surface area contributed by atoms with E-state index in [-0.39, 0.29) is 30.3 Å². The van der Waals surface area contributed by atoms with Crippen LogP contribution in [0.4, 0.5) is 8.87 Å². The van der Waals surface area contributed by atoms with E-state index in [9.17, 15) is 13.7 Å². The Morgan fingerprint density at radius 2 is 2.14 bits per heavy atom. The van der Waals surface area contributed by atoms with Gasteiger partial charge in [-0.2, -0.15) is 9.89 Å². The van der Waals surface area contributed by atoms with E-state index in [0.717, 1.165) is 17.4 Å². The SMILES string of the molecule is Cc1cccn2nc([C@H]3c4ncn(F)c4CCN3C(=O)c3oc(-c4cncn4C)nc3C(C)F)cc12. The first-order chi connectivity index (χ1) is 17.3. The van der Waals surface area contributed by atoms with Crippen molar-refractivity contribution in [1.82, 2.24) is 38.8 Å². The van der Waals surface area contributed by atoms with Crippen LogP contribution in [0.15, 0.2) is 47.7 Å². The molecule has 0 saturated carbocycles. The number of halogens is 2. The largest absolute Gasteiger partial charge is 0.429 e. The molecule has 6 rings (SSSR count). The van der Waals surface area contributed by atoms with Crippen LogP contribution in [0.1, 0.15) is 58.0 Å². The van der Waals surface area contributed by atoms with Gasteiger partial charge in [0.2, 0.25) is 11.7 Å². The Morgan fingerprint density at radius 3 is 2.86 bits per heavy atom. The third kappa shape index (κ3) is 3.32. The summed E-state index contributed by atoms with van der Waals surface area (Å²) in [7, 11) is 1.74. The normalized spacial score (nSPS) is 16.5. The first-order valence-corrected chi connectivity index (χ1v) is 11.4. The number of amides is 1. The highest BCUT2D eigenvalue weighted by Gasteiger charge is 2.40. The van der Waals surface area contributed by atoms with Crippen LogP contribution in [0, 0.1) is 6.92 Å². The molecule has 0 aliphatic carbocycles. The molecule has 0 spiro atoms. The number of carbonyl (C=O) groups excluding carboxylic acids is 1. The number of fused-ring (bicyclic) bond motifs is 2. The summed E-state index contributed by atoms with van der Waals surface area (Å²) < 4.78 is 38.3. The van der Waals surface area contributed by atoms with Crippen LogP contribution in [0.2, 0.25) is 0 Å². The number of nitrogens with zero attached hydrogens (tertiary/aromatic N) is 8. The minimum absolute atomic E-state index is 0.0866. The monoisotopic (exact) mass is 492 g/mol. The summed E-state index contributed by atoms with van der Waals surface area (Å²) >= 11 is 0. The Balaban J connectivity index is 1.48. The van der Waals surface area contributed by atoms with Crippen molar-refractivity contribution in [3.63, 3.8) is 0 Å². The highest BCUT2D eigenvalue weighted by Crippen LogP contribution is 2.37. The molecule has 0 bridgehead atoms. The van der Waals surface area contributed by atoms with E-state index in [1.807, 2.05) is 25.1 Å². The minimum atomic E-state index is -1.56. The van der Waals surface area contributed by atoms with Gasteiger partial charge in [-0.3, -0.25) is 4.79 Å². The maximum Gasteiger partial charge on any atom is 0.292 e.